The Balaban J connectivity index is 2.15. The van der Waals surface area contributed by atoms with Crippen LogP contribution in [0.5, 0.6) is 0 Å². The van der Waals surface area contributed by atoms with E-state index in [-0.39, 0.29) is 5.91 Å². The lowest BCUT2D eigenvalue weighted by Gasteiger charge is -2.15. The highest BCUT2D eigenvalue weighted by Gasteiger charge is 2.37. The first-order valence-electron chi connectivity index (χ1n) is 6.55. The number of anilines is 1. The fraction of sp³-hybridized carbons (Fsp3) is 0.357. The van der Waals surface area contributed by atoms with E-state index in [1.54, 1.807) is 6.92 Å². The zero-order valence-electron chi connectivity index (χ0n) is 11.7. The number of carbonyl (C=O) groups is 3. The Morgan fingerprint density at radius 1 is 1.43 bits per heavy atom. The normalized spacial score (nSPS) is 17.8. The van der Waals surface area contributed by atoms with Gasteiger partial charge in [0.15, 0.2) is 0 Å². The van der Waals surface area contributed by atoms with Crippen molar-refractivity contribution in [1.29, 1.82) is 0 Å². The van der Waals surface area contributed by atoms with E-state index in [0.29, 0.717) is 29.1 Å². The Bertz CT molecular complexity index is 689. The maximum Gasteiger partial charge on any atom is 0.341 e. The zero-order valence-corrected chi connectivity index (χ0v) is 12.5. The van der Waals surface area contributed by atoms with E-state index >= 15 is 0 Å². The molecule has 1 aromatic rings. The summed E-state index contributed by atoms with van der Waals surface area (Å²) in [7, 11) is 1.30. The van der Waals surface area contributed by atoms with Crippen molar-refractivity contribution in [1.82, 2.24) is 5.32 Å². The average Bonchev–Trinajstić information content (AvgIpc) is 2.96. The van der Waals surface area contributed by atoms with Gasteiger partial charge in [-0.15, -0.1) is 11.3 Å². The number of ether oxygens (including phenoxy) is 1. The minimum atomic E-state index is -0.505. The summed E-state index contributed by atoms with van der Waals surface area (Å²) in [6.45, 7) is 2.98. The molecule has 1 N–H and O–H groups in total. The van der Waals surface area contributed by atoms with Gasteiger partial charge in [0.05, 0.1) is 12.7 Å². The van der Waals surface area contributed by atoms with Gasteiger partial charge in [-0.2, -0.15) is 0 Å². The second kappa shape index (κ2) is 5.09. The summed E-state index contributed by atoms with van der Waals surface area (Å²) in [6, 6.07) is 0. The van der Waals surface area contributed by atoms with E-state index < -0.39 is 11.9 Å². The second-order valence-corrected chi connectivity index (χ2v) is 5.99. The van der Waals surface area contributed by atoms with Gasteiger partial charge >= 0.3 is 5.97 Å². The molecule has 0 atom stereocenters. The summed E-state index contributed by atoms with van der Waals surface area (Å²) in [5.41, 5.74) is 1.61. The molecule has 7 heteroatoms. The highest BCUT2D eigenvalue weighted by Crippen LogP contribution is 2.40. The summed E-state index contributed by atoms with van der Waals surface area (Å²) >= 11 is 1.30. The van der Waals surface area contributed by atoms with Crippen molar-refractivity contribution in [3.63, 3.8) is 0 Å². The molecule has 110 valence electrons. The van der Waals surface area contributed by atoms with Gasteiger partial charge in [-0.25, -0.2) is 9.69 Å². The minimum absolute atomic E-state index is 0.351. The van der Waals surface area contributed by atoms with Gasteiger partial charge < -0.3 is 10.1 Å². The van der Waals surface area contributed by atoms with Crippen molar-refractivity contribution in [2.45, 2.75) is 19.9 Å². The van der Waals surface area contributed by atoms with Crippen LogP contribution in [0.2, 0.25) is 0 Å². The molecule has 21 heavy (non-hydrogen) atoms. The van der Waals surface area contributed by atoms with Gasteiger partial charge in [-0.1, -0.05) is 0 Å². The van der Waals surface area contributed by atoms with Gasteiger partial charge in [0.1, 0.15) is 5.00 Å². The van der Waals surface area contributed by atoms with Crippen LogP contribution in [0.4, 0.5) is 5.00 Å². The van der Waals surface area contributed by atoms with E-state index in [4.69, 9.17) is 4.74 Å². The van der Waals surface area contributed by atoms with E-state index in [1.165, 1.54) is 24.5 Å². The van der Waals surface area contributed by atoms with Crippen LogP contribution in [0, 0.1) is 0 Å². The van der Waals surface area contributed by atoms with Crippen LogP contribution >= 0.6 is 11.3 Å². The molecule has 0 radical (unpaired) electrons. The number of methoxy groups -OCH3 is 1. The summed E-state index contributed by atoms with van der Waals surface area (Å²) in [5, 5.41) is 3.59. The highest BCUT2D eigenvalue weighted by atomic mass is 32.1. The van der Waals surface area contributed by atoms with Gasteiger partial charge in [0.25, 0.3) is 11.8 Å². The molecule has 0 aliphatic carbocycles. The molecule has 3 rings (SSSR count). The molecule has 0 saturated heterocycles. The molecule has 1 aromatic heterocycles. The molecule has 2 amide bonds. The van der Waals surface area contributed by atoms with E-state index in [9.17, 15) is 14.4 Å². The lowest BCUT2D eigenvalue weighted by atomic mass is 10.0. The van der Waals surface area contributed by atoms with Crippen molar-refractivity contribution in [2.24, 2.45) is 0 Å². The first-order valence-corrected chi connectivity index (χ1v) is 7.36. The van der Waals surface area contributed by atoms with Gasteiger partial charge in [0, 0.05) is 23.1 Å². The number of carbonyl (C=O) groups excluding carboxylic acids is 3. The lowest BCUT2D eigenvalue weighted by Crippen LogP contribution is -2.31. The number of esters is 1. The first-order chi connectivity index (χ1) is 10.0. The van der Waals surface area contributed by atoms with Crippen LogP contribution in [-0.2, 0) is 27.3 Å². The van der Waals surface area contributed by atoms with Crippen LogP contribution in [0.25, 0.3) is 0 Å². The smallest absolute Gasteiger partial charge is 0.341 e. The van der Waals surface area contributed by atoms with Crippen molar-refractivity contribution in [3.05, 3.63) is 27.7 Å². The molecule has 0 bridgehead atoms. The maximum absolute atomic E-state index is 12.2. The monoisotopic (exact) mass is 306 g/mol. The molecule has 0 fully saturated rings. The van der Waals surface area contributed by atoms with Crippen molar-refractivity contribution < 1.29 is 19.1 Å². The molecule has 6 nitrogen and oxygen atoms in total. The molecular weight excluding hydrogens is 292 g/mol. The van der Waals surface area contributed by atoms with Crippen molar-refractivity contribution in [2.75, 3.05) is 18.6 Å². The summed E-state index contributed by atoms with van der Waals surface area (Å²) in [5.74, 6) is -1.29. The number of nitrogens with zero attached hydrogens (tertiary/aromatic N) is 1. The number of fused-ring (bicyclic) bond motifs is 1. The first kappa shape index (κ1) is 14.0. The highest BCUT2D eigenvalue weighted by molar-refractivity contribution is 7.17. The Labute approximate surface area is 125 Å². The number of thiophene rings is 1. The van der Waals surface area contributed by atoms with Crippen LogP contribution < -0.4 is 10.2 Å². The molecule has 0 aromatic carbocycles. The van der Waals surface area contributed by atoms with Gasteiger partial charge in [0.2, 0.25) is 0 Å². The number of imide groups is 1. The standard InChI is InChI=1S/C14H14N2O4S/c1-7-5-10(17)16(12(7)18)13-11(14(19)20-2)8-3-4-15-6-9(8)21-13/h5,15H,3-4,6H2,1-2H3. The Kier molecular flexibility index (Phi) is 3.38. The van der Waals surface area contributed by atoms with Gasteiger partial charge in [-0.3, -0.25) is 9.59 Å². The number of amides is 2. The molecule has 2 aliphatic heterocycles. The number of nitrogens with one attached hydrogen (secondary N) is 1. The third-order valence-corrected chi connectivity index (χ3v) is 4.82. The van der Waals surface area contributed by atoms with Crippen molar-refractivity contribution >= 4 is 34.1 Å². The van der Waals surface area contributed by atoms with Crippen molar-refractivity contribution in [3.8, 4) is 0 Å². The fourth-order valence-corrected chi connectivity index (χ4v) is 3.88. The largest absolute Gasteiger partial charge is 0.465 e. The number of hydrogen-bond donors (Lipinski definition) is 1. The Morgan fingerprint density at radius 3 is 2.81 bits per heavy atom. The van der Waals surface area contributed by atoms with Crippen LogP contribution in [-0.4, -0.2) is 31.4 Å². The second-order valence-electron chi connectivity index (χ2n) is 4.91. The van der Waals surface area contributed by atoms with Crippen LogP contribution in [0.1, 0.15) is 27.7 Å². The van der Waals surface area contributed by atoms with Gasteiger partial charge in [-0.05, 0) is 25.5 Å². The van der Waals surface area contributed by atoms with E-state index in [1.807, 2.05) is 0 Å². The Morgan fingerprint density at radius 2 is 2.19 bits per heavy atom. The predicted molar refractivity (Wildman–Crippen MR) is 77.3 cm³/mol. The van der Waals surface area contributed by atoms with E-state index in [0.717, 1.165) is 21.9 Å². The number of rotatable bonds is 2. The topological polar surface area (TPSA) is 75.7 Å². The summed E-state index contributed by atoms with van der Waals surface area (Å²) in [4.78, 5) is 38.4. The molecule has 3 heterocycles. The molecule has 2 aliphatic rings. The Hall–Kier alpha value is -1.99. The molecule has 0 spiro atoms. The summed E-state index contributed by atoms with van der Waals surface area (Å²) in [6.07, 6.45) is 1.97. The van der Waals surface area contributed by atoms with E-state index in [2.05, 4.69) is 5.32 Å². The molecule has 0 unspecified atom stereocenters. The minimum Gasteiger partial charge on any atom is -0.465 e. The SMILES string of the molecule is COC(=O)c1c(N2C(=O)C=C(C)C2=O)sc2c1CCNC2. The third-order valence-electron chi connectivity index (χ3n) is 3.60. The molecule has 0 saturated carbocycles. The van der Waals surface area contributed by atoms with Crippen LogP contribution in [0.15, 0.2) is 11.6 Å². The fourth-order valence-electron chi connectivity index (χ4n) is 2.57. The average molecular weight is 306 g/mol. The zero-order chi connectivity index (χ0) is 15.1. The quantitative estimate of drug-likeness (QED) is 0.651. The third kappa shape index (κ3) is 2.09. The molecular formula is C14H14N2O4S. The number of hydrogen-bond acceptors (Lipinski definition) is 6. The van der Waals surface area contributed by atoms with Crippen LogP contribution in [0.3, 0.4) is 0 Å². The summed E-state index contributed by atoms with van der Waals surface area (Å²) < 4.78 is 4.84. The predicted octanol–water partition coefficient (Wildman–Crippen LogP) is 1.000. The lowest BCUT2D eigenvalue weighted by molar-refractivity contribution is -0.120. The maximum atomic E-state index is 12.2.